The van der Waals surface area contributed by atoms with Gasteiger partial charge in [0.05, 0.1) is 11.4 Å². The average molecular weight is 219 g/mol. The third-order valence-corrected chi connectivity index (χ3v) is 2.93. The van der Waals surface area contributed by atoms with Crippen LogP contribution in [0.15, 0.2) is 18.3 Å². The van der Waals surface area contributed by atoms with E-state index in [2.05, 4.69) is 10.3 Å². The summed E-state index contributed by atoms with van der Waals surface area (Å²) in [4.78, 5) is 15.8. The average Bonchev–Trinajstić information content (AvgIpc) is 3.04. The Morgan fingerprint density at radius 2 is 2.44 bits per heavy atom. The van der Waals surface area contributed by atoms with Gasteiger partial charge in [-0.15, -0.1) is 0 Å². The van der Waals surface area contributed by atoms with E-state index in [4.69, 9.17) is 5.73 Å². The van der Waals surface area contributed by atoms with Crippen LogP contribution in [-0.4, -0.2) is 16.9 Å². The molecule has 0 saturated heterocycles. The van der Waals surface area contributed by atoms with Gasteiger partial charge in [-0.05, 0) is 37.8 Å². The molecule has 0 aromatic carbocycles. The number of aryl methyl sites for hydroxylation is 1. The topological polar surface area (TPSA) is 68.0 Å². The number of hydrogen-bond donors (Lipinski definition) is 2. The Hall–Kier alpha value is -1.42. The summed E-state index contributed by atoms with van der Waals surface area (Å²) in [5, 5.41) is 2.84. The lowest BCUT2D eigenvalue weighted by Crippen LogP contribution is -2.29. The van der Waals surface area contributed by atoms with Crippen molar-refractivity contribution in [2.24, 2.45) is 11.7 Å². The highest BCUT2D eigenvalue weighted by Crippen LogP contribution is 2.32. The first-order valence-electron chi connectivity index (χ1n) is 5.64. The van der Waals surface area contributed by atoms with Gasteiger partial charge < -0.3 is 11.1 Å². The molecule has 4 heteroatoms. The molecule has 0 radical (unpaired) electrons. The Labute approximate surface area is 95.3 Å². The first-order chi connectivity index (χ1) is 7.66. The quantitative estimate of drug-likeness (QED) is 0.805. The van der Waals surface area contributed by atoms with E-state index in [1.54, 1.807) is 6.20 Å². The summed E-state index contributed by atoms with van der Waals surface area (Å²) in [6.45, 7) is 1.87. The number of nitrogens with zero attached hydrogens (tertiary/aromatic N) is 1. The molecule has 16 heavy (non-hydrogen) atoms. The molecule has 1 fully saturated rings. The highest BCUT2D eigenvalue weighted by atomic mass is 16.1. The van der Waals surface area contributed by atoms with Crippen molar-refractivity contribution in [2.45, 2.75) is 32.2 Å². The number of nitrogens with one attached hydrogen (secondary N) is 1. The Kier molecular flexibility index (Phi) is 3.19. The monoisotopic (exact) mass is 219 g/mol. The maximum Gasteiger partial charge on any atom is 0.225 e. The second kappa shape index (κ2) is 4.61. The van der Waals surface area contributed by atoms with Crippen molar-refractivity contribution in [3.63, 3.8) is 0 Å². The van der Waals surface area contributed by atoms with E-state index < -0.39 is 0 Å². The third kappa shape index (κ3) is 2.79. The van der Waals surface area contributed by atoms with Gasteiger partial charge in [0.1, 0.15) is 0 Å². The molecule has 1 aliphatic rings. The zero-order valence-corrected chi connectivity index (χ0v) is 9.44. The number of rotatable bonds is 4. The van der Waals surface area contributed by atoms with E-state index in [9.17, 15) is 4.79 Å². The molecule has 0 spiro atoms. The van der Waals surface area contributed by atoms with Crippen molar-refractivity contribution in [3.8, 4) is 0 Å². The molecular weight excluding hydrogens is 202 g/mol. The van der Waals surface area contributed by atoms with E-state index >= 15 is 0 Å². The summed E-state index contributed by atoms with van der Waals surface area (Å²) in [5.41, 5.74) is 7.50. The molecule has 4 nitrogen and oxygen atoms in total. The van der Waals surface area contributed by atoms with Crippen molar-refractivity contribution in [1.29, 1.82) is 0 Å². The predicted molar refractivity (Wildman–Crippen MR) is 62.9 cm³/mol. The molecule has 2 rings (SSSR count). The van der Waals surface area contributed by atoms with Crippen LogP contribution in [0.1, 0.15) is 25.0 Å². The van der Waals surface area contributed by atoms with Crippen molar-refractivity contribution in [2.75, 3.05) is 5.32 Å². The van der Waals surface area contributed by atoms with Crippen LogP contribution in [0, 0.1) is 12.8 Å². The number of anilines is 1. The maximum absolute atomic E-state index is 11.7. The fourth-order valence-corrected chi connectivity index (χ4v) is 1.72. The highest BCUT2D eigenvalue weighted by Gasteiger charge is 2.29. The minimum atomic E-state index is -0.0181. The summed E-state index contributed by atoms with van der Waals surface area (Å²) < 4.78 is 0. The second-order valence-corrected chi connectivity index (χ2v) is 4.39. The zero-order chi connectivity index (χ0) is 11.5. The van der Waals surface area contributed by atoms with Crippen LogP contribution in [0.3, 0.4) is 0 Å². The Balaban J connectivity index is 1.89. The van der Waals surface area contributed by atoms with Gasteiger partial charge in [-0.25, -0.2) is 0 Å². The molecule has 3 N–H and O–H groups in total. The minimum Gasteiger partial charge on any atom is -0.327 e. The summed E-state index contributed by atoms with van der Waals surface area (Å²) in [5.74, 6) is 0.538. The van der Waals surface area contributed by atoms with Gasteiger partial charge in [0.15, 0.2) is 0 Å². The molecule has 1 atom stereocenters. The molecule has 1 aliphatic carbocycles. The molecule has 86 valence electrons. The maximum atomic E-state index is 11.7. The molecule has 1 saturated carbocycles. The summed E-state index contributed by atoms with van der Waals surface area (Å²) in [6, 6.07) is 3.67. The molecule has 1 aromatic heterocycles. The van der Waals surface area contributed by atoms with Crippen LogP contribution < -0.4 is 11.1 Å². The van der Waals surface area contributed by atoms with Gasteiger partial charge in [0.2, 0.25) is 5.91 Å². The van der Waals surface area contributed by atoms with Crippen molar-refractivity contribution in [1.82, 2.24) is 4.98 Å². The van der Waals surface area contributed by atoms with E-state index in [0.717, 1.165) is 11.4 Å². The fourth-order valence-electron chi connectivity index (χ4n) is 1.72. The normalized spacial score (nSPS) is 16.9. The van der Waals surface area contributed by atoms with Crippen molar-refractivity contribution >= 4 is 11.6 Å². The largest absolute Gasteiger partial charge is 0.327 e. The first kappa shape index (κ1) is 11.1. The van der Waals surface area contributed by atoms with Gasteiger partial charge >= 0.3 is 0 Å². The van der Waals surface area contributed by atoms with Crippen LogP contribution in [0.5, 0.6) is 0 Å². The van der Waals surface area contributed by atoms with Crippen LogP contribution >= 0.6 is 0 Å². The van der Waals surface area contributed by atoms with Crippen molar-refractivity contribution < 1.29 is 4.79 Å². The van der Waals surface area contributed by atoms with Gasteiger partial charge in [-0.2, -0.15) is 0 Å². The Bertz CT molecular complexity index is 388. The van der Waals surface area contributed by atoms with Crippen LogP contribution in [0.4, 0.5) is 5.69 Å². The summed E-state index contributed by atoms with van der Waals surface area (Å²) >= 11 is 0. The lowest BCUT2D eigenvalue weighted by Gasteiger charge is -2.11. The molecule has 1 unspecified atom stereocenters. The number of nitrogens with two attached hydrogens (primary N) is 1. The van der Waals surface area contributed by atoms with Gasteiger partial charge in [0, 0.05) is 18.7 Å². The number of carbonyl (C=O) groups excluding carboxylic acids is 1. The number of amides is 1. The molecule has 1 heterocycles. The van der Waals surface area contributed by atoms with Gasteiger partial charge in [0.25, 0.3) is 0 Å². The standard InChI is InChI=1S/C12H17N3O/c1-8-11(3-2-6-14-8)15-12(16)7-10(13)9-4-5-9/h2-3,6,9-10H,4-5,7,13H2,1H3,(H,15,16). The molecule has 0 aliphatic heterocycles. The van der Waals surface area contributed by atoms with E-state index in [0.29, 0.717) is 12.3 Å². The van der Waals surface area contributed by atoms with E-state index in [-0.39, 0.29) is 11.9 Å². The first-order valence-corrected chi connectivity index (χ1v) is 5.64. The van der Waals surface area contributed by atoms with Gasteiger partial charge in [-0.1, -0.05) is 0 Å². The van der Waals surface area contributed by atoms with E-state index in [1.807, 2.05) is 19.1 Å². The molecule has 1 amide bonds. The lowest BCUT2D eigenvalue weighted by atomic mass is 10.1. The van der Waals surface area contributed by atoms with Crippen LogP contribution in [0.25, 0.3) is 0 Å². The number of carbonyl (C=O) groups is 1. The van der Waals surface area contributed by atoms with Crippen molar-refractivity contribution in [3.05, 3.63) is 24.0 Å². The van der Waals surface area contributed by atoms with Crippen LogP contribution in [-0.2, 0) is 4.79 Å². The predicted octanol–water partition coefficient (Wildman–Crippen LogP) is 1.46. The van der Waals surface area contributed by atoms with E-state index in [1.165, 1.54) is 12.8 Å². The zero-order valence-electron chi connectivity index (χ0n) is 9.44. The number of aromatic nitrogens is 1. The Morgan fingerprint density at radius 1 is 1.69 bits per heavy atom. The van der Waals surface area contributed by atoms with Gasteiger partial charge in [-0.3, -0.25) is 9.78 Å². The smallest absolute Gasteiger partial charge is 0.225 e. The lowest BCUT2D eigenvalue weighted by molar-refractivity contribution is -0.116. The van der Waals surface area contributed by atoms with Crippen LogP contribution in [0.2, 0.25) is 0 Å². The summed E-state index contributed by atoms with van der Waals surface area (Å²) in [6.07, 6.45) is 4.45. The molecule has 1 aromatic rings. The molecule has 0 bridgehead atoms. The number of hydrogen-bond acceptors (Lipinski definition) is 3. The highest BCUT2D eigenvalue weighted by molar-refractivity contribution is 5.91. The molecular formula is C12H17N3O. The SMILES string of the molecule is Cc1ncccc1NC(=O)CC(N)C1CC1. The second-order valence-electron chi connectivity index (χ2n) is 4.39. The number of pyridine rings is 1. The third-order valence-electron chi connectivity index (χ3n) is 2.93. The minimum absolute atomic E-state index is 0.0111. The summed E-state index contributed by atoms with van der Waals surface area (Å²) in [7, 11) is 0. The fraction of sp³-hybridized carbons (Fsp3) is 0.500. The Morgan fingerprint density at radius 3 is 3.06 bits per heavy atom.